The van der Waals surface area contributed by atoms with Crippen molar-refractivity contribution in [3.63, 3.8) is 0 Å². The number of amides is 2. The van der Waals surface area contributed by atoms with E-state index >= 15 is 0 Å². The van der Waals surface area contributed by atoms with Crippen molar-refractivity contribution in [2.45, 2.75) is 44.2 Å². The summed E-state index contributed by atoms with van der Waals surface area (Å²) < 4.78 is 0. The quantitative estimate of drug-likeness (QED) is 0.789. The Morgan fingerprint density at radius 2 is 1.79 bits per heavy atom. The monoisotopic (exact) mass is 264 g/mol. The van der Waals surface area contributed by atoms with E-state index in [1.54, 1.807) is 0 Å². The third kappa shape index (κ3) is 1.60. The molecule has 1 aliphatic heterocycles. The summed E-state index contributed by atoms with van der Waals surface area (Å²) in [4.78, 5) is 24.8. The molecule has 4 rings (SSSR count). The van der Waals surface area contributed by atoms with Crippen molar-refractivity contribution in [1.29, 1.82) is 0 Å². The molecule has 4 aliphatic rings. The summed E-state index contributed by atoms with van der Waals surface area (Å²) in [5.74, 6) is 2.19. The van der Waals surface area contributed by atoms with Gasteiger partial charge in [-0.3, -0.25) is 0 Å². The zero-order valence-corrected chi connectivity index (χ0v) is 10.9. The van der Waals surface area contributed by atoms with Gasteiger partial charge >= 0.3 is 12.0 Å². The fourth-order valence-electron chi connectivity index (χ4n) is 5.01. The van der Waals surface area contributed by atoms with Gasteiger partial charge in [-0.25, -0.2) is 9.59 Å². The number of carboxylic acid groups (broad SMARTS) is 1. The molecule has 2 amide bonds. The van der Waals surface area contributed by atoms with E-state index in [1.807, 2.05) is 0 Å². The Morgan fingerprint density at radius 3 is 2.42 bits per heavy atom. The fraction of sp³-hybridized carbons (Fsp3) is 0.857. The first kappa shape index (κ1) is 11.6. The van der Waals surface area contributed by atoms with Gasteiger partial charge in [0.1, 0.15) is 6.04 Å². The molecular weight excluding hydrogens is 244 g/mol. The molecule has 3 saturated carbocycles. The van der Waals surface area contributed by atoms with Crippen molar-refractivity contribution in [3.8, 4) is 0 Å². The van der Waals surface area contributed by atoms with Crippen LogP contribution in [0.3, 0.4) is 0 Å². The number of rotatable bonds is 2. The largest absolute Gasteiger partial charge is 0.480 e. The number of fused-ring (bicyclic) bond motifs is 5. The van der Waals surface area contributed by atoms with E-state index in [9.17, 15) is 9.59 Å². The maximum atomic E-state index is 12.2. The van der Waals surface area contributed by atoms with Gasteiger partial charge in [0.2, 0.25) is 0 Å². The van der Waals surface area contributed by atoms with Crippen molar-refractivity contribution in [1.82, 2.24) is 10.2 Å². The maximum absolute atomic E-state index is 12.2. The van der Waals surface area contributed by atoms with E-state index in [4.69, 9.17) is 5.11 Å². The Bertz CT molecular complexity index is 422. The minimum absolute atomic E-state index is 0.149. The van der Waals surface area contributed by atoms with Crippen LogP contribution in [0, 0.1) is 23.7 Å². The van der Waals surface area contributed by atoms with Crippen LogP contribution in [0.15, 0.2) is 0 Å². The fourth-order valence-corrected chi connectivity index (χ4v) is 5.01. The zero-order chi connectivity index (χ0) is 13.1. The van der Waals surface area contributed by atoms with Crippen LogP contribution >= 0.6 is 0 Å². The van der Waals surface area contributed by atoms with Gasteiger partial charge in [-0.05, 0) is 55.8 Å². The Balaban J connectivity index is 1.39. The van der Waals surface area contributed by atoms with Crippen LogP contribution < -0.4 is 5.32 Å². The number of nitrogens with one attached hydrogen (secondary N) is 1. The van der Waals surface area contributed by atoms with Gasteiger partial charge in [-0.2, -0.15) is 0 Å². The number of urea groups is 1. The highest BCUT2D eigenvalue weighted by atomic mass is 16.4. The minimum atomic E-state index is -0.872. The molecule has 5 heteroatoms. The predicted octanol–water partition coefficient (Wildman–Crippen LogP) is 1.29. The smallest absolute Gasteiger partial charge is 0.326 e. The van der Waals surface area contributed by atoms with Crippen molar-refractivity contribution in [2.24, 2.45) is 23.7 Å². The lowest BCUT2D eigenvalue weighted by Crippen LogP contribution is -2.47. The van der Waals surface area contributed by atoms with Crippen LogP contribution in [0.2, 0.25) is 0 Å². The third-order valence-corrected chi connectivity index (χ3v) is 5.82. The first-order chi connectivity index (χ1) is 9.16. The topological polar surface area (TPSA) is 69.6 Å². The van der Waals surface area contributed by atoms with Crippen LogP contribution in [0.1, 0.15) is 32.1 Å². The third-order valence-electron chi connectivity index (χ3n) is 5.82. The molecule has 19 heavy (non-hydrogen) atoms. The van der Waals surface area contributed by atoms with Crippen molar-refractivity contribution < 1.29 is 14.7 Å². The average molecular weight is 264 g/mol. The van der Waals surface area contributed by atoms with E-state index in [0.29, 0.717) is 30.8 Å². The number of nitrogens with zero attached hydrogens (tertiary/aromatic N) is 1. The van der Waals surface area contributed by atoms with Crippen molar-refractivity contribution in [3.05, 3.63) is 0 Å². The normalized spacial score (nSPS) is 46.2. The molecule has 3 aliphatic carbocycles. The summed E-state index contributed by atoms with van der Waals surface area (Å²) in [5.41, 5.74) is 0. The van der Waals surface area contributed by atoms with E-state index in [2.05, 4.69) is 5.32 Å². The highest BCUT2D eigenvalue weighted by Gasteiger charge is 2.65. The second-order valence-electron chi connectivity index (χ2n) is 6.65. The summed E-state index contributed by atoms with van der Waals surface area (Å²) >= 11 is 0. The molecule has 1 saturated heterocycles. The van der Waals surface area contributed by atoms with E-state index in [0.717, 1.165) is 18.3 Å². The zero-order valence-electron chi connectivity index (χ0n) is 10.9. The van der Waals surface area contributed by atoms with Gasteiger partial charge in [0.15, 0.2) is 0 Å². The van der Waals surface area contributed by atoms with Crippen molar-refractivity contribution >= 4 is 12.0 Å². The Hall–Kier alpha value is -1.26. The van der Waals surface area contributed by atoms with Gasteiger partial charge in [0.25, 0.3) is 0 Å². The van der Waals surface area contributed by atoms with Gasteiger partial charge in [-0.1, -0.05) is 0 Å². The number of likely N-dealkylation sites (tertiary alicyclic amines) is 1. The van der Waals surface area contributed by atoms with Gasteiger partial charge < -0.3 is 15.3 Å². The summed E-state index contributed by atoms with van der Waals surface area (Å²) in [7, 11) is 0. The summed E-state index contributed by atoms with van der Waals surface area (Å²) in [6.07, 6.45) is 5.42. The maximum Gasteiger partial charge on any atom is 0.326 e. The molecule has 0 aromatic rings. The predicted molar refractivity (Wildman–Crippen MR) is 67.5 cm³/mol. The summed E-state index contributed by atoms with van der Waals surface area (Å²) in [6.45, 7) is 0.581. The first-order valence-electron chi connectivity index (χ1n) is 7.47. The Kier molecular flexibility index (Phi) is 2.35. The lowest BCUT2D eigenvalue weighted by atomic mass is 10.0. The molecule has 2 bridgehead atoms. The molecule has 0 radical (unpaired) electrons. The summed E-state index contributed by atoms with van der Waals surface area (Å²) in [6, 6.07) is -0.423. The summed E-state index contributed by atoms with van der Waals surface area (Å²) in [5, 5.41) is 12.2. The van der Waals surface area contributed by atoms with Gasteiger partial charge in [-0.15, -0.1) is 0 Å². The van der Waals surface area contributed by atoms with Crippen LogP contribution in [0.25, 0.3) is 0 Å². The van der Waals surface area contributed by atoms with Crippen LogP contribution in [0.4, 0.5) is 4.79 Å². The van der Waals surface area contributed by atoms with Crippen LogP contribution in [-0.2, 0) is 4.79 Å². The van der Waals surface area contributed by atoms with E-state index in [-0.39, 0.29) is 6.03 Å². The highest BCUT2D eigenvalue weighted by Crippen LogP contribution is 2.65. The minimum Gasteiger partial charge on any atom is -0.480 e. The Morgan fingerprint density at radius 1 is 1.11 bits per heavy atom. The second kappa shape index (κ2) is 3.87. The molecule has 0 aromatic heterocycles. The lowest BCUT2D eigenvalue weighted by molar-refractivity contribution is -0.141. The number of carbonyl (C=O) groups excluding carboxylic acids is 1. The molecular formula is C14H20N2O3. The molecule has 5 nitrogen and oxygen atoms in total. The second-order valence-corrected chi connectivity index (χ2v) is 6.65. The van der Waals surface area contributed by atoms with E-state index in [1.165, 1.54) is 24.2 Å². The number of aliphatic carboxylic acids is 1. The number of carboxylic acids is 1. The number of carbonyl (C=O) groups is 2. The van der Waals surface area contributed by atoms with Gasteiger partial charge in [0, 0.05) is 12.6 Å². The lowest BCUT2D eigenvalue weighted by Gasteiger charge is -2.22. The molecule has 2 N–H and O–H groups in total. The van der Waals surface area contributed by atoms with E-state index < -0.39 is 12.0 Å². The number of hydrogen-bond donors (Lipinski definition) is 2. The molecule has 4 fully saturated rings. The molecule has 5 atom stereocenters. The SMILES string of the molecule is O=C(O)[C@@H]1CCCN1C(=O)NC1C2C3CCC(C3)C12. The van der Waals surface area contributed by atoms with Crippen molar-refractivity contribution in [2.75, 3.05) is 6.54 Å². The number of hydrogen-bond acceptors (Lipinski definition) is 2. The molecule has 104 valence electrons. The molecule has 0 aromatic carbocycles. The Labute approximate surface area is 112 Å². The first-order valence-corrected chi connectivity index (χ1v) is 7.47. The average Bonchev–Trinajstić information content (AvgIpc) is 2.86. The molecule has 1 heterocycles. The van der Waals surface area contributed by atoms with Crippen LogP contribution in [0.5, 0.6) is 0 Å². The standard InChI is InChI=1S/C14H20N2O3/c17-13(18)9-2-1-5-16(9)14(19)15-12-10-7-3-4-8(6-7)11(10)12/h7-12H,1-6H2,(H,15,19)(H,17,18)/t7?,8?,9-,10?,11?,12?/m0/s1. The van der Waals surface area contributed by atoms with Gasteiger partial charge in [0.05, 0.1) is 0 Å². The molecule has 4 unspecified atom stereocenters. The molecule has 0 spiro atoms. The highest BCUT2D eigenvalue weighted by molar-refractivity contribution is 5.83. The van der Waals surface area contributed by atoms with Crippen LogP contribution in [-0.4, -0.2) is 40.6 Å².